The maximum absolute atomic E-state index is 12.9. The second-order valence-corrected chi connectivity index (χ2v) is 6.44. The molecule has 1 saturated heterocycles. The molecule has 7 nitrogen and oxygen atoms in total. The van der Waals surface area contributed by atoms with Crippen molar-refractivity contribution >= 4 is 5.91 Å². The Morgan fingerprint density at radius 1 is 1.41 bits per heavy atom. The summed E-state index contributed by atoms with van der Waals surface area (Å²) < 4.78 is 10.5. The van der Waals surface area contributed by atoms with Crippen LogP contribution in [0.3, 0.4) is 0 Å². The van der Waals surface area contributed by atoms with Crippen LogP contribution in [0.15, 0.2) is 10.9 Å². The van der Waals surface area contributed by atoms with E-state index in [-0.39, 0.29) is 30.1 Å². The number of ether oxygens (including phenoxy) is 1. The van der Waals surface area contributed by atoms with Crippen LogP contribution in [0.5, 0.6) is 0 Å². The molecule has 124 valence electrons. The molecule has 3 atom stereocenters. The first-order valence-corrected chi connectivity index (χ1v) is 7.78. The second kappa shape index (κ2) is 7.19. The third kappa shape index (κ3) is 4.04. The second-order valence-electron chi connectivity index (χ2n) is 6.44. The summed E-state index contributed by atoms with van der Waals surface area (Å²) in [5.41, 5.74) is 0. The minimum absolute atomic E-state index is 0.0844. The molecule has 0 N–H and O–H groups in total. The van der Waals surface area contributed by atoms with Gasteiger partial charge in [0.15, 0.2) is 5.82 Å². The minimum atomic E-state index is -0.161. The maximum atomic E-state index is 12.9. The molecule has 0 aliphatic carbocycles. The van der Waals surface area contributed by atoms with Gasteiger partial charge in [-0.15, -0.1) is 0 Å². The van der Waals surface area contributed by atoms with Gasteiger partial charge in [-0.25, -0.2) is 0 Å². The highest BCUT2D eigenvalue weighted by atomic mass is 16.5. The lowest BCUT2D eigenvalue weighted by molar-refractivity contribution is -0.144. The summed E-state index contributed by atoms with van der Waals surface area (Å²) in [6.07, 6.45) is 1.56. The summed E-state index contributed by atoms with van der Waals surface area (Å²) in [7, 11) is 1.78. The van der Waals surface area contributed by atoms with Gasteiger partial charge in [0, 0.05) is 20.1 Å². The van der Waals surface area contributed by atoms with E-state index in [1.165, 1.54) is 6.39 Å². The Labute approximate surface area is 131 Å². The molecule has 0 aromatic carbocycles. The lowest BCUT2D eigenvalue weighted by atomic mass is 9.99. The van der Waals surface area contributed by atoms with Crippen LogP contribution in [0, 0.1) is 5.92 Å². The summed E-state index contributed by atoms with van der Waals surface area (Å²) in [6, 6.07) is -0.161. The molecule has 0 saturated carbocycles. The normalized spacial score (nSPS) is 24.5. The van der Waals surface area contributed by atoms with E-state index in [1.54, 1.807) is 11.9 Å². The summed E-state index contributed by atoms with van der Waals surface area (Å²) in [4.78, 5) is 20.8. The molecule has 0 bridgehead atoms. The number of morpholine rings is 1. The van der Waals surface area contributed by atoms with Crippen LogP contribution in [0.25, 0.3) is 0 Å². The van der Waals surface area contributed by atoms with Crippen molar-refractivity contribution in [3.63, 3.8) is 0 Å². The maximum Gasteiger partial charge on any atom is 0.240 e. The molecule has 22 heavy (non-hydrogen) atoms. The smallest absolute Gasteiger partial charge is 0.240 e. The number of rotatable bonds is 5. The Bertz CT molecular complexity index is 467. The summed E-state index contributed by atoms with van der Waals surface area (Å²) in [5.74, 6) is 0.820. The third-order valence-electron chi connectivity index (χ3n) is 3.89. The van der Waals surface area contributed by atoms with Crippen LogP contribution in [0.4, 0.5) is 0 Å². The SMILES string of the molecule is CC1CN(C(C(=O)N(C)Cc2ncon2)C(C)C)CC(C)O1. The third-order valence-corrected chi connectivity index (χ3v) is 3.89. The van der Waals surface area contributed by atoms with Gasteiger partial charge < -0.3 is 14.2 Å². The molecule has 1 amide bonds. The van der Waals surface area contributed by atoms with Crippen molar-refractivity contribution in [3.8, 4) is 0 Å². The topological polar surface area (TPSA) is 71.7 Å². The first-order valence-electron chi connectivity index (χ1n) is 7.78. The van der Waals surface area contributed by atoms with Crippen molar-refractivity contribution in [1.29, 1.82) is 0 Å². The van der Waals surface area contributed by atoms with E-state index in [0.29, 0.717) is 12.4 Å². The van der Waals surface area contributed by atoms with Crippen LogP contribution in [-0.2, 0) is 16.1 Å². The minimum Gasteiger partial charge on any atom is -0.373 e. The van der Waals surface area contributed by atoms with Gasteiger partial charge in [0.05, 0.1) is 24.8 Å². The number of carbonyl (C=O) groups is 1. The zero-order chi connectivity index (χ0) is 16.3. The molecule has 3 unspecified atom stereocenters. The van der Waals surface area contributed by atoms with Gasteiger partial charge in [-0.1, -0.05) is 19.0 Å². The highest BCUT2D eigenvalue weighted by Crippen LogP contribution is 2.20. The number of carbonyl (C=O) groups excluding carboxylic acids is 1. The van der Waals surface area contributed by atoms with Gasteiger partial charge >= 0.3 is 0 Å². The first kappa shape index (κ1) is 16.9. The molecule has 7 heteroatoms. The monoisotopic (exact) mass is 310 g/mol. The fourth-order valence-electron chi connectivity index (χ4n) is 3.09. The average molecular weight is 310 g/mol. The van der Waals surface area contributed by atoms with E-state index < -0.39 is 0 Å². The standard InChI is InChI=1S/C15H26N4O3/c1-10(2)14(19-6-11(3)22-12(4)7-19)15(20)18(5)8-13-16-9-21-17-13/h9-12,14H,6-8H2,1-5H3. The van der Waals surface area contributed by atoms with Crippen LogP contribution < -0.4 is 0 Å². The lowest BCUT2D eigenvalue weighted by Gasteiger charge is -2.42. The fraction of sp³-hybridized carbons (Fsp3) is 0.800. The Morgan fingerprint density at radius 2 is 2.05 bits per heavy atom. The van der Waals surface area contributed by atoms with Crippen LogP contribution in [-0.4, -0.2) is 64.2 Å². The fourth-order valence-corrected chi connectivity index (χ4v) is 3.09. The molecule has 1 aliphatic heterocycles. The van der Waals surface area contributed by atoms with E-state index >= 15 is 0 Å². The molecule has 1 fully saturated rings. The highest BCUT2D eigenvalue weighted by Gasteiger charge is 2.35. The Kier molecular flexibility index (Phi) is 5.52. The Balaban J connectivity index is 2.07. The lowest BCUT2D eigenvalue weighted by Crippen LogP contribution is -2.57. The number of likely N-dealkylation sites (N-methyl/N-ethyl adjacent to an activating group) is 1. The highest BCUT2D eigenvalue weighted by molar-refractivity contribution is 5.81. The first-order chi connectivity index (χ1) is 10.4. The van der Waals surface area contributed by atoms with Gasteiger partial charge in [0.1, 0.15) is 0 Å². The molecule has 1 aromatic rings. The van der Waals surface area contributed by atoms with Crippen molar-refractivity contribution in [2.24, 2.45) is 5.92 Å². The number of hydrogen-bond acceptors (Lipinski definition) is 6. The van der Waals surface area contributed by atoms with Crippen molar-refractivity contribution in [3.05, 3.63) is 12.2 Å². The average Bonchev–Trinajstić information content (AvgIpc) is 2.90. The zero-order valence-corrected chi connectivity index (χ0v) is 14.0. The zero-order valence-electron chi connectivity index (χ0n) is 14.0. The number of nitrogens with zero attached hydrogens (tertiary/aromatic N) is 4. The Morgan fingerprint density at radius 3 is 2.55 bits per heavy atom. The molecule has 1 aliphatic rings. The quantitative estimate of drug-likeness (QED) is 0.813. The van der Waals surface area contributed by atoms with Gasteiger partial charge in [0.25, 0.3) is 0 Å². The molecule has 2 rings (SSSR count). The van der Waals surface area contributed by atoms with Gasteiger partial charge in [0.2, 0.25) is 12.3 Å². The van der Waals surface area contributed by atoms with E-state index in [1.807, 2.05) is 13.8 Å². The van der Waals surface area contributed by atoms with E-state index in [4.69, 9.17) is 9.26 Å². The van der Waals surface area contributed by atoms with Crippen molar-refractivity contribution in [2.75, 3.05) is 20.1 Å². The number of amides is 1. The van der Waals surface area contributed by atoms with E-state index in [0.717, 1.165) is 13.1 Å². The summed E-state index contributed by atoms with van der Waals surface area (Å²) in [6.45, 7) is 10.2. The number of hydrogen-bond donors (Lipinski definition) is 0. The predicted molar refractivity (Wildman–Crippen MR) is 81.0 cm³/mol. The Hall–Kier alpha value is -1.47. The largest absolute Gasteiger partial charge is 0.373 e. The van der Waals surface area contributed by atoms with Crippen LogP contribution in [0.1, 0.15) is 33.5 Å². The molecule has 2 heterocycles. The van der Waals surface area contributed by atoms with Crippen LogP contribution in [0.2, 0.25) is 0 Å². The van der Waals surface area contributed by atoms with E-state index in [9.17, 15) is 4.79 Å². The van der Waals surface area contributed by atoms with Crippen molar-refractivity contribution < 1.29 is 14.1 Å². The van der Waals surface area contributed by atoms with Gasteiger partial charge in [-0.3, -0.25) is 9.69 Å². The van der Waals surface area contributed by atoms with Gasteiger partial charge in [-0.05, 0) is 19.8 Å². The van der Waals surface area contributed by atoms with Crippen LogP contribution >= 0.6 is 0 Å². The summed E-state index contributed by atoms with van der Waals surface area (Å²) in [5, 5.41) is 3.77. The molecule has 0 spiro atoms. The number of aromatic nitrogens is 2. The molecule has 1 aromatic heterocycles. The summed E-state index contributed by atoms with van der Waals surface area (Å²) >= 11 is 0. The van der Waals surface area contributed by atoms with Gasteiger partial charge in [-0.2, -0.15) is 4.98 Å². The predicted octanol–water partition coefficient (Wildman–Crippen LogP) is 1.16. The van der Waals surface area contributed by atoms with Crippen molar-refractivity contribution in [2.45, 2.75) is 52.5 Å². The molecular weight excluding hydrogens is 284 g/mol. The molecular formula is C15H26N4O3. The molecule has 0 radical (unpaired) electrons. The van der Waals surface area contributed by atoms with Crippen molar-refractivity contribution in [1.82, 2.24) is 19.9 Å². The van der Waals surface area contributed by atoms with E-state index in [2.05, 4.69) is 28.9 Å².